The van der Waals surface area contributed by atoms with Crippen molar-refractivity contribution in [3.63, 3.8) is 0 Å². The van der Waals surface area contributed by atoms with E-state index in [4.69, 9.17) is 21.1 Å². The summed E-state index contributed by atoms with van der Waals surface area (Å²) in [7, 11) is 1.31. The summed E-state index contributed by atoms with van der Waals surface area (Å²) in [6.45, 7) is 1.08. The highest BCUT2D eigenvalue weighted by molar-refractivity contribution is 6.32. The zero-order valence-corrected chi connectivity index (χ0v) is 18.7. The number of ether oxygens (including phenoxy) is 2. The number of imidazole rings is 1. The largest absolute Gasteiger partial charge is 0.490 e. The lowest BCUT2D eigenvalue weighted by atomic mass is 9.95. The Morgan fingerprint density at radius 2 is 2.06 bits per heavy atom. The van der Waals surface area contributed by atoms with E-state index in [0.29, 0.717) is 41.9 Å². The van der Waals surface area contributed by atoms with E-state index in [-0.39, 0.29) is 17.5 Å². The Bertz CT molecular complexity index is 1250. The zero-order valence-electron chi connectivity index (χ0n) is 18.0. The van der Waals surface area contributed by atoms with Crippen LogP contribution in [0.5, 0.6) is 5.75 Å². The first-order chi connectivity index (χ1) is 15.5. The predicted molar refractivity (Wildman–Crippen MR) is 118 cm³/mol. The van der Waals surface area contributed by atoms with Gasteiger partial charge in [0.05, 0.1) is 43.6 Å². The van der Waals surface area contributed by atoms with E-state index in [1.54, 1.807) is 6.07 Å². The lowest BCUT2D eigenvalue weighted by Gasteiger charge is -2.20. The van der Waals surface area contributed by atoms with Crippen LogP contribution >= 0.6 is 11.6 Å². The molecule has 168 valence electrons. The van der Waals surface area contributed by atoms with Crippen LogP contribution < -0.4 is 10.2 Å². The number of hydrogen-bond acceptors (Lipinski definition) is 6. The van der Waals surface area contributed by atoms with Gasteiger partial charge in [0.25, 0.3) is 0 Å². The van der Waals surface area contributed by atoms with Crippen LogP contribution in [0.3, 0.4) is 0 Å². The highest BCUT2D eigenvalue weighted by Crippen LogP contribution is 2.32. The average Bonchev–Trinajstić information content (AvgIpc) is 3.54. The summed E-state index contributed by atoms with van der Waals surface area (Å²) in [6, 6.07) is 1.80. The topological polar surface area (TPSA) is 87.7 Å². The molecule has 1 fully saturated rings. The van der Waals surface area contributed by atoms with Gasteiger partial charge >= 0.3 is 5.97 Å². The summed E-state index contributed by atoms with van der Waals surface area (Å²) in [6.07, 6.45) is 9.52. The molecule has 0 atom stereocenters. The maximum atomic E-state index is 12.9. The molecule has 1 saturated carbocycles. The summed E-state index contributed by atoms with van der Waals surface area (Å²) in [5, 5.41) is 5.07. The second-order valence-electron chi connectivity index (χ2n) is 8.56. The van der Waals surface area contributed by atoms with Gasteiger partial charge < -0.3 is 13.9 Å². The van der Waals surface area contributed by atoms with Crippen molar-refractivity contribution in [2.24, 2.45) is 5.92 Å². The fourth-order valence-electron chi connectivity index (χ4n) is 4.17. The number of hydrogen-bond donors (Lipinski definition) is 0. The van der Waals surface area contributed by atoms with E-state index >= 15 is 0 Å². The summed E-state index contributed by atoms with van der Waals surface area (Å²) in [5.41, 5.74) is 3.27. The van der Waals surface area contributed by atoms with Crippen LogP contribution in [0.2, 0.25) is 5.02 Å². The molecule has 0 aliphatic heterocycles. The van der Waals surface area contributed by atoms with Gasteiger partial charge in [-0.2, -0.15) is 5.10 Å². The molecule has 32 heavy (non-hydrogen) atoms. The van der Waals surface area contributed by atoms with Crippen molar-refractivity contribution >= 4 is 23.2 Å². The second kappa shape index (κ2) is 8.58. The van der Waals surface area contributed by atoms with Crippen LogP contribution in [0, 0.1) is 5.92 Å². The smallest absolute Gasteiger partial charge is 0.311 e. The number of aromatic nitrogens is 4. The molecule has 0 amide bonds. The number of fused-ring (bicyclic) bond motifs is 2. The Balaban J connectivity index is 1.47. The van der Waals surface area contributed by atoms with Gasteiger partial charge in [0, 0.05) is 23.5 Å². The van der Waals surface area contributed by atoms with Crippen LogP contribution in [0.1, 0.15) is 48.3 Å². The molecule has 2 aliphatic carbocycles. The summed E-state index contributed by atoms with van der Waals surface area (Å²) in [4.78, 5) is 29.4. The zero-order chi connectivity index (χ0) is 22.2. The monoisotopic (exact) mass is 456 g/mol. The van der Waals surface area contributed by atoms with Crippen molar-refractivity contribution in [2.45, 2.75) is 51.5 Å². The number of halogens is 1. The van der Waals surface area contributed by atoms with E-state index in [1.165, 1.54) is 20.0 Å². The third-order valence-corrected chi connectivity index (χ3v) is 6.40. The highest BCUT2D eigenvalue weighted by Gasteiger charge is 2.23. The molecular formula is C23H25ClN4O4. The fraction of sp³-hybridized carbons (Fsp3) is 0.478. The molecule has 0 saturated heterocycles. The lowest BCUT2D eigenvalue weighted by Crippen LogP contribution is -2.30. The molecule has 5 rings (SSSR count). The van der Waals surface area contributed by atoms with Gasteiger partial charge in [-0.05, 0) is 44.4 Å². The SMILES string of the molecule is COC(=O)Cc1nn(Cc2cn3cc(OCC4CC4)c(Cl)cc3n2)c2c(c1=O)CCCC2. The van der Waals surface area contributed by atoms with E-state index in [9.17, 15) is 9.59 Å². The molecule has 3 aromatic rings. The van der Waals surface area contributed by atoms with Gasteiger partial charge in [0.2, 0.25) is 5.43 Å². The molecule has 8 nitrogen and oxygen atoms in total. The fourth-order valence-corrected chi connectivity index (χ4v) is 4.37. The Kier molecular flexibility index (Phi) is 5.63. The minimum atomic E-state index is -0.474. The molecular weight excluding hydrogens is 432 g/mol. The first-order valence-electron chi connectivity index (χ1n) is 11.0. The van der Waals surface area contributed by atoms with E-state index in [0.717, 1.165) is 36.2 Å². The average molecular weight is 457 g/mol. The minimum absolute atomic E-state index is 0.134. The molecule has 0 bridgehead atoms. The molecule has 0 radical (unpaired) electrons. The van der Waals surface area contributed by atoms with Crippen LogP contribution in [-0.2, 0) is 35.3 Å². The van der Waals surface area contributed by atoms with Crippen molar-refractivity contribution in [2.75, 3.05) is 13.7 Å². The number of esters is 1. The Labute approximate surface area is 190 Å². The molecule has 3 heterocycles. The van der Waals surface area contributed by atoms with Gasteiger partial charge in [0.15, 0.2) is 5.75 Å². The molecule has 0 aromatic carbocycles. The predicted octanol–water partition coefficient (Wildman–Crippen LogP) is 2.98. The van der Waals surface area contributed by atoms with Gasteiger partial charge in [-0.25, -0.2) is 4.98 Å². The Morgan fingerprint density at radius 3 is 2.84 bits per heavy atom. The van der Waals surface area contributed by atoms with Crippen molar-refractivity contribution in [3.8, 4) is 5.75 Å². The first kappa shape index (κ1) is 21.0. The number of pyridine rings is 1. The molecule has 0 N–H and O–H groups in total. The second-order valence-corrected chi connectivity index (χ2v) is 8.96. The van der Waals surface area contributed by atoms with Crippen molar-refractivity contribution < 1.29 is 14.3 Å². The molecule has 9 heteroatoms. The van der Waals surface area contributed by atoms with E-state index < -0.39 is 5.97 Å². The quantitative estimate of drug-likeness (QED) is 0.508. The van der Waals surface area contributed by atoms with E-state index in [2.05, 4.69) is 10.1 Å². The minimum Gasteiger partial charge on any atom is -0.490 e. The normalized spacial score (nSPS) is 15.6. The van der Waals surface area contributed by atoms with Crippen LogP contribution in [0.4, 0.5) is 0 Å². The molecule has 0 spiro atoms. The maximum Gasteiger partial charge on any atom is 0.311 e. The van der Waals surface area contributed by atoms with Crippen LogP contribution in [-0.4, -0.2) is 38.9 Å². The summed E-state index contributed by atoms with van der Waals surface area (Å²) < 4.78 is 14.3. The van der Waals surface area contributed by atoms with Gasteiger partial charge in [-0.3, -0.25) is 14.3 Å². The highest BCUT2D eigenvalue weighted by atomic mass is 35.5. The van der Waals surface area contributed by atoms with Gasteiger partial charge in [-0.15, -0.1) is 0 Å². The summed E-state index contributed by atoms with van der Waals surface area (Å²) in [5.74, 6) is 0.809. The number of nitrogens with zero attached hydrogens (tertiary/aromatic N) is 4. The van der Waals surface area contributed by atoms with Gasteiger partial charge in [-0.1, -0.05) is 11.6 Å². The third-order valence-electron chi connectivity index (χ3n) is 6.11. The Hall–Kier alpha value is -2.87. The first-order valence-corrected chi connectivity index (χ1v) is 11.4. The number of rotatable bonds is 7. The van der Waals surface area contributed by atoms with Gasteiger partial charge in [0.1, 0.15) is 11.3 Å². The van der Waals surface area contributed by atoms with Crippen molar-refractivity contribution in [3.05, 3.63) is 56.4 Å². The maximum absolute atomic E-state index is 12.9. The Morgan fingerprint density at radius 1 is 1.25 bits per heavy atom. The van der Waals surface area contributed by atoms with Crippen molar-refractivity contribution in [1.82, 2.24) is 19.2 Å². The number of methoxy groups -OCH3 is 1. The third kappa shape index (κ3) is 4.24. The standard InChI is InChI=1S/C23H25ClN4O4/c1-31-22(29)9-18-23(30)16-4-2-3-5-19(16)28(26-18)11-15-10-27-12-20(32-13-14-6-7-14)17(24)8-21(27)25-15/h8,10,12,14H,2-7,9,11,13H2,1H3. The molecule has 0 unspecified atom stereocenters. The van der Waals surface area contributed by atoms with E-state index in [1.807, 2.05) is 21.5 Å². The molecule has 3 aromatic heterocycles. The molecule has 2 aliphatic rings. The lowest BCUT2D eigenvalue weighted by molar-refractivity contribution is -0.139. The van der Waals surface area contributed by atoms with Crippen molar-refractivity contribution in [1.29, 1.82) is 0 Å². The van der Waals surface area contributed by atoms with Crippen LogP contribution in [0.25, 0.3) is 5.65 Å². The number of carbonyl (C=O) groups excluding carboxylic acids is 1. The number of carbonyl (C=O) groups is 1. The summed E-state index contributed by atoms with van der Waals surface area (Å²) >= 11 is 6.40. The van der Waals surface area contributed by atoms with Crippen LogP contribution in [0.15, 0.2) is 23.3 Å².